The van der Waals surface area contributed by atoms with Crippen LogP contribution in [-0.4, -0.2) is 22.3 Å². The van der Waals surface area contributed by atoms with E-state index in [-0.39, 0.29) is 0 Å². The van der Waals surface area contributed by atoms with Crippen LogP contribution in [0.2, 0.25) is 0 Å². The van der Waals surface area contributed by atoms with Crippen molar-refractivity contribution in [3.8, 4) is 0 Å². The van der Waals surface area contributed by atoms with Gasteiger partial charge in [0.15, 0.2) is 0 Å². The number of nitrogens with one attached hydrogen (secondary N) is 1. The number of thioether (sulfide) groups is 1. The van der Waals surface area contributed by atoms with Crippen molar-refractivity contribution < 1.29 is 0 Å². The van der Waals surface area contributed by atoms with Crippen LogP contribution in [0.25, 0.3) is 0 Å². The van der Waals surface area contributed by atoms with Crippen LogP contribution in [0.5, 0.6) is 0 Å². The normalized spacial score (nSPS) is 10.2. The van der Waals surface area contributed by atoms with E-state index in [0.29, 0.717) is 0 Å². The molecule has 1 N–H and O–H groups in total. The quantitative estimate of drug-likeness (QED) is 0.521. The highest BCUT2D eigenvalue weighted by Crippen LogP contribution is 2.16. The van der Waals surface area contributed by atoms with Crippen molar-refractivity contribution >= 4 is 33.4 Å². The molecule has 0 spiro atoms. The predicted molar refractivity (Wildman–Crippen MR) is 75.4 cm³/mol. The molecule has 1 aromatic heterocycles. The lowest BCUT2D eigenvalue weighted by Crippen LogP contribution is -2.03. The van der Waals surface area contributed by atoms with Crippen LogP contribution in [0.15, 0.2) is 52.4 Å². The van der Waals surface area contributed by atoms with Crippen LogP contribution in [0.4, 0.5) is 5.69 Å². The molecule has 0 amide bonds. The number of rotatable bonds is 5. The number of hydrogen-bond acceptors (Lipinski definition) is 4. The van der Waals surface area contributed by atoms with Crippen molar-refractivity contribution in [3.05, 3.63) is 47.3 Å². The molecular weight excluding hydrogens is 298 g/mol. The van der Waals surface area contributed by atoms with Gasteiger partial charge in [-0.25, -0.2) is 9.97 Å². The second-order valence-corrected chi connectivity index (χ2v) is 5.36. The standard InChI is InChI=1S/C12H12BrN3S/c13-10-2-1-3-11(8-10)15-6-7-17-12-4-5-14-9-16-12/h1-5,8-9,15H,6-7H2. The Kier molecular flexibility index (Phi) is 4.82. The Bertz CT molecular complexity index is 464. The Morgan fingerprint density at radius 3 is 3.00 bits per heavy atom. The molecule has 1 aromatic carbocycles. The number of nitrogens with zero attached hydrogens (tertiary/aromatic N) is 2. The number of benzene rings is 1. The van der Waals surface area contributed by atoms with Gasteiger partial charge in [0.05, 0.1) is 5.03 Å². The van der Waals surface area contributed by atoms with E-state index in [1.54, 1.807) is 24.3 Å². The van der Waals surface area contributed by atoms with Gasteiger partial charge in [0.1, 0.15) is 6.33 Å². The zero-order valence-corrected chi connectivity index (χ0v) is 11.5. The van der Waals surface area contributed by atoms with Crippen molar-refractivity contribution in [2.45, 2.75) is 5.03 Å². The summed E-state index contributed by atoms with van der Waals surface area (Å²) >= 11 is 5.16. The maximum Gasteiger partial charge on any atom is 0.116 e. The van der Waals surface area contributed by atoms with Gasteiger partial charge in [0.2, 0.25) is 0 Å². The van der Waals surface area contributed by atoms with Gasteiger partial charge in [-0.1, -0.05) is 22.0 Å². The molecular formula is C12H12BrN3S. The Balaban J connectivity index is 1.73. The van der Waals surface area contributed by atoms with Gasteiger partial charge in [-0.3, -0.25) is 0 Å². The lowest BCUT2D eigenvalue weighted by Gasteiger charge is -2.06. The fraction of sp³-hybridized carbons (Fsp3) is 0.167. The maximum absolute atomic E-state index is 4.15. The van der Waals surface area contributed by atoms with Crippen LogP contribution in [0, 0.1) is 0 Å². The molecule has 17 heavy (non-hydrogen) atoms. The van der Waals surface area contributed by atoms with Crippen LogP contribution in [0.1, 0.15) is 0 Å². The zero-order chi connectivity index (χ0) is 11.9. The van der Waals surface area contributed by atoms with Gasteiger partial charge < -0.3 is 5.32 Å². The monoisotopic (exact) mass is 309 g/mol. The van der Waals surface area contributed by atoms with Gasteiger partial charge >= 0.3 is 0 Å². The highest BCUT2D eigenvalue weighted by Gasteiger charge is 1.95. The maximum atomic E-state index is 4.15. The van der Waals surface area contributed by atoms with E-state index in [2.05, 4.69) is 43.3 Å². The number of halogens is 1. The third-order valence-corrected chi connectivity index (χ3v) is 3.50. The third-order valence-electron chi connectivity index (χ3n) is 2.06. The minimum atomic E-state index is 0.908. The summed E-state index contributed by atoms with van der Waals surface area (Å²) in [6.45, 7) is 0.908. The summed E-state index contributed by atoms with van der Waals surface area (Å²) < 4.78 is 1.09. The first-order valence-corrected chi connectivity index (χ1v) is 7.01. The van der Waals surface area contributed by atoms with E-state index in [9.17, 15) is 0 Å². The summed E-state index contributed by atoms with van der Waals surface area (Å²) in [6.07, 6.45) is 3.33. The number of aromatic nitrogens is 2. The Labute approximate surface area is 113 Å². The Morgan fingerprint density at radius 1 is 1.29 bits per heavy atom. The van der Waals surface area contributed by atoms with Crippen LogP contribution in [0.3, 0.4) is 0 Å². The number of anilines is 1. The SMILES string of the molecule is Brc1cccc(NCCSc2ccncn2)c1. The van der Waals surface area contributed by atoms with Crippen molar-refractivity contribution in [2.24, 2.45) is 0 Å². The molecule has 5 heteroatoms. The molecule has 0 saturated heterocycles. The topological polar surface area (TPSA) is 37.8 Å². The molecule has 3 nitrogen and oxygen atoms in total. The first-order valence-electron chi connectivity index (χ1n) is 5.23. The lowest BCUT2D eigenvalue weighted by molar-refractivity contribution is 1.04. The lowest BCUT2D eigenvalue weighted by atomic mass is 10.3. The van der Waals surface area contributed by atoms with Crippen molar-refractivity contribution in [2.75, 3.05) is 17.6 Å². The molecule has 0 saturated carbocycles. The molecule has 0 fully saturated rings. The van der Waals surface area contributed by atoms with Crippen LogP contribution < -0.4 is 5.32 Å². The molecule has 0 atom stereocenters. The molecule has 0 unspecified atom stereocenters. The van der Waals surface area contributed by atoms with E-state index in [4.69, 9.17) is 0 Å². The Hall–Kier alpha value is -1.07. The summed E-state index contributed by atoms with van der Waals surface area (Å²) in [6, 6.07) is 10.1. The van der Waals surface area contributed by atoms with Crippen LogP contribution >= 0.6 is 27.7 Å². The van der Waals surface area contributed by atoms with E-state index in [1.165, 1.54) is 0 Å². The molecule has 0 aliphatic carbocycles. The zero-order valence-electron chi connectivity index (χ0n) is 9.14. The minimum Gasteiger partial charge on any atom is -0.384 e. The molecule has 0 radical (unpaired) electrons. The van der Waals surface area contributed by atoms with Crippen molar-refractivity contribution in [1.82, 2.24) is 9.97 Å². The third kappa shape index (κ3) is 4.36. The first kappa shape index (κ1) is 12.4. The molecule has 88 valence electrons. The Morgan fingerprint density at radius 2 is 2.24 bits per heavy atom. The fourth-order valence-corrected chi connectivity index (χ4v) is 2.40. The van der Waals surface area contributed by atoms with Gasteiger partial charge in [-0.2, -0.15) is 0 Å². The summed E-state index contributed by atoms with van der Waals surface area (Å²) in [5, 5.41) is 4.37. The average molecular weight is 310 g/mol. The van der Waals surface area contributed by atoms with Gasteiger partial charge in [-0.05, 0) is 24.3 Å². The van der Waals surface area contributed by atoms with Gasteiger partial charge in [-0.15, -0.1) is 11.8 Å². The first-order chi connectivity index (χ1) is 8.34. The van der Waals surface area contributed by atoms with E-state index < -0.39 is 0 Å². The molecule has 0 bridgehead atoms. The molecule has 0 aliphatic heterocycles. The molecule has 2 rings (SSSR count). The molecule has 2 aromatic rings. The van der Waals surface area contributed by atoms with E-state index in [0.717, 1.165) is 27.5 Å². The summed E-state index contributed by atoms with van der Waals surface area (Å²) in [7, 11) is 0. The number of hydrogen-bond donors (Lipinski definition) is 1. The largest absolute Gasteiger partial charge is 0.384 e. The highest BCUT2D eigenvalue weighted by atomic mass is 79.9. The highest BCUT2D eigenvalue weighted by molar-refractivity contribution is 9.10. The van der Waals surface area contributed by atoms with Crippen molar-refractivity contribution in [1.29, 1.82) is 0 Å². The van der Waals surface area contributed by atoms with E-state index >= 15 is 0 Å². The smallest absolute Gasteiger partial charge is 0.116 e. The second kappa shape index (κ2) is 6.61. The van der Waals surface area contributed by atoms with Gasteiger partial charge in [0, 0.05) is 28.7 Å². The summed E-state index contributed by atoms with van der Waals surface area (Å²) in [5.41, 5.74) is 1.13. The predicted octanol–water partition coefficient (Wildman–Crippen LogP) is 3.44. The van der Waals surface area contributed by atoms with Crippen LogP contribution in [-0.2, 0) is 0 Å². The average Bonchev–Trinajstić information content (AvgIpc) is 2.36. The van der Waals surface area contributed by atoms with Gasteiger partial charge in [0.25, 0.3) is 0 Å². The van der Waals surface area contributed by atoms with E-state index in [1.807, 2.05) is 18.2 Å². The fourth-order valence-electron chi connectivity index (χ4n) is 1.31. The van der Waals surface area contributed by atoms with Crippen molar-refractivity contribution in [3.63, 3.8) is 0 Å². The summed E-state index contributed by atoms with van der Waals surface area (Å²) in [5.74, 6) is 0.976. The summed E-state index contributed by atoms with van der Waals surface area (Å²) in [4.78, 5) is 8.04. The molecule has 1 heterocycles. The second-order valence-electron chi connectivity index (χ2n) is 3.33. The minimum absolute atomic E-state index is 0.908. The molecule has 0 aliphatic rings.